The van der Waals surface area contributed by atoms with Crippen molar-refractivity contribution in [3.8, 4) is 11.3 Å². The molecule has 0 aliphatic carbocycles. The number of anilines is 1. The topological polar surface area (TPSA) is 55.9 Å². The smallest absolute Gasteiger partial charge is 0.214 e. The molecule has 0 fully saturated rings. The van der Waals surface area contributed by atoms with E-state index in [4.69, 9.17) is 10.2 Å². The number of para-hydroxylation sites is 2. The van der Waals surface area contributed by atoms with Gasteiger partial charge in [-0.05, 0) is 29.7 Å². The average Bonchev–Trinajstić information content (AvgIpc) is 3.25. The number of benzene rings is 3. The van der Waals surface area contributed by atoms with Gasteiger partial charge in [0.05, 0.1) is 11.1 Å². The maximum absolute atomic E-state index is 6.18. The third-order valence-corrected chi connectivity index (χ3v) is 5.83. The third-order valence-electron chi connectivity index (χ3n) is 5.83. The monoisotopic (exact) mass is 402 g/mol. The van der Waals surface area contributed by atoms with Crippen LogP contribution in [0.4, 0.5) is 5.69 Å². The molecule has 0 atom stereocenters. The Hall–Kier alpha value is -4.18. The van der Waals surface area contributed by atoms with Crippen LogP contribution in [0.25, 0.3) is 44.0 Å². The number of fused-ring (bicyclic) bond motifs is 3. The predicted molar refractivity (Wildman–Crippen MR) is 125 cm³/mol. The first-order valence-corrected chi connectivity index (χ1v) is 10.3. The maximum Gasteiger partial charge on any atom is 0.214 e. The molecule has 0 aliphatic rings. The summed E-state index contributed by atoms with van der Waals surface area (Å²) >= 11 is 0. The number of furan rings is 1. The van der Waals surface area contributed by atoms with E-state index in [0.717, 1.165) is 56.2 Å². The van der Waals surface area contributed by atoms with E-state index in [9.17, 15) is 0 Å². The van der Waals surface area contributed by atoms with Gasteiger partial charge in [-0.15, -0.1) is 0 Å². The summed E-state index contributed by atoms with van der Waals surface area (Å²) in [4.78, 5) is 4.44. The highest BCUT2D eigenvalue weighted by atomic mass is 16.3. The lowest BCUT2D eigenvalue weighted by Crippen LogP contribution is -2.34. The van der Waals surface area contributed by atoms with E-state index in [1.54, 1.807) is 0 Å². The molecule has 0 saturated carbocycles. The van der Waals surface area contributed by atoms with E-state index in [1.807, 2.05) is 48.8 Å². The molecule has 0 spiro atoms. The van der Waals surface area contributed by atoms with Crippen molar-refractivity contribution >= 4 is 38.3 Å². The maximum atomic E-state index is 6.18. The summed E-state index contributed by atoms with van der Waals surface area (Å²) in [5, 5.41) is 4.38. The highest BCUT2D eigenvalue weighted by Crippen LogP contribution is 2.32. The largest absolute Gasteiger partial charge is 0.456 e. The molecule has 0 bridgehead atoms. The minimum Gasteiger partial charge on any atom is -0.456 e. The molecule has 6 aromatic rings. The highest BCUT2D eigenvalue weighted by molar-refractivity contribution is 5.97. The number of hydrogen-bond donors (Lipinski definition) is 1. The van der Waals surface area contributed by atoms with Crippen LogP contribution in [0.3, 0.4) is 0 Å². The molecule has 6 rings (SSSR count). The Morgan fingerprint density at radius 2 is 1.68 bits per heavy atom. The van der Waals surface area contributed by atoms with Gasteiger partial charge in [0.25, 0.3) is 0 Å². The Balaban J connectivity index is 1.48. The van der Waals surface area contributed by atoms with Crippen molar-refractivity contribution in [2.24, 2.45) is 0 Å². The van der Waals surface area contributed by atoms with Gasteiger partial charge >= 0.3 is 0 Å². The number of hydrogen-bond acceptors (Lipinski definition) is 3. The average molecular weight is 402 g/mol. The number of aromatic nitrogens is 2. The first kappa shape index (κ1) is 17.7. The van der Waals surface area contributed by atoms with Crippen LogP contribution in [0, 0.1) is 0 Å². The lowest BCUT2D eigenvalue weighted by Gasteiger charge is -2.07. The standard InChI is InChI=1S/C27H19N3O/c28-24-11-12-30(25-7-3-2-6-21(24)25)17-18-9-10-20-15-29-16-23(22(20)13-18)27-14-19-5-1-4-8-26(19)31-27/h1-16,28H,17H2/p+1. The van der Waals surface area contributed by atoms with Crippen LogP contribution in [-0.4, -0.2) is 4.98 Å². The van der Waals surface area contributed by atoms with Gasteiger partial charge in [-0.25, -0.2) is 0 Å². The Bertz CT molecular complexity index is 1550. The molecule has 4 heteroatoms. The number of nitrogens with zero attached hydrogens (tertiary/aromatic N) is 2. The van der Waals surface area contributed by atoms with Gasteiger partial charge in [0.15, 0.2) is 12.7 Å². The second-order valence-corrected chi connectivity index (χ2v) is 7.81. The molecule has 0 radical (unpaired) electrons. The van der Waals surface area contributed by atoms with Crippen LogP contribution >= 0.6 is 0 Å². The predicted octanol–water partition coefficient (Wildman–Crippen LogP) is 5.72. The molecule has 3 aromatic carbocycles. The van der Waals surface area contributed by atoms with Crippen molar-refractivity contribution in [1.29, 1.82) is 0 Å². The van der Waals surface area contributed by atoms with Crippen LogP contribution in [0.2, 0.25) is 0 Å². The second kappa shape index (κ2) is 6.96. The van der Waals surface area contributed by atoms with Gasteiger partial charge in [-0.1, -0.05) is 42.5 Å². The first-order chi connectivity index (χ1) is 15.3. The summed E-state index contributed by atoms with van der Waals surface area (Å²) in [6.45, 7) is 0.749. The normalized spacial score (nSPS) is 11.5. The molecular formula is C27H20N3O+. The van der Waals surface area contributed by atoms with Crippen molar-refractivity contribution in [3.63, 3.8) is 0 Å². The quantitative estimate of drug-likeness (QED) is 0.385. The minimum absolute atomic E-state index is 0.749. The van der Waals surface area contributed by atoms with E-state index >= 15 is 0 Å². The van der Waals surface area contributed by atoms with Gasteiger partial charge in [0, 0.05) is 46.4 Å². The lowest BCUT2D eigenvalue weighted by atomic mass is 10.0. The summed E-state index contributed by atoms with van der Waals surface area (Å²) < 4.78 is 8.36. The zero-order chi connectivity index (χ0) is 20.8. The molecule has 31 heavy (non-hydrogen) atoms. The number of nitrogens with two attached hydrogens (primary N) is 1. The van der Waals surface area contributed by atoms with Crippen LogP contribution < -0.4 is 10.3 Å². The molecule has 2 N–H and O–H groups in total. The number of pyridine rings is 2. The second-order valence-electron chi connectivity index (χ2n) is 7.81. The molecule has 0 aliphatic heterocycles. The van der Waals surface area contributed by atoms with Gasteiger partial charge < -0.3 is 10.2 Å². The molecule has 0 amide bonds. The Morgan fingerprint density at radius 1 is 0.806 bits per heavy atom. The SMILES string of the molecule is Nc1cc[n+](Cc2ccc3cncc(-c4cc5ccccc5o4)c3c2)c2ccccc12. The Morgan fingerprint density at radius 3 is 2.61 bits per heavy atom. The summed E-state index contributed by atoms with van der Waals surface area (Å²) in [5.41, 5.74) is 11.2. The van der Waals surface area contributed by atoms with E-state index in [1.165, 1.54) is 5.56 Å². The Kier molecular flexibility index (Phi) is 3.96. The van der Waals surface area contributed by atoms with Crippen LogP contribution in [0.5, 0.6) is 0 Å². The molecule has 3 heterocycles. The molecule has 4 nitrogen and oxygen atoms in total. The van der Waals surface area contributed by atoms with Crippen molar-refractivity contribution in [2.75, 3.05) is 5.73 Å². The van der Waals surface area contributed by atoms with Crippen molar-refractivity contribution in [3.05, 3.63) is 103 Å². The molecule has 148 valence electrons. The van der Waals surface area contributed by atoms with E-state index < -0.39 is 0 Å². The van der Waals surface area contributed by atoms with Gasteiger partial charge in [-0.3, -0.25) is 4.98 Å². The number of rotatable bonds is 3. The molecule has 0 saturated heterocycles. The van der Waals surface area contributed by atoms with Crippen LogP contribution in [0.1, 0.15) is 5.56 Å². The lowest BCUT2D eigenvalue weighted by molar-refractivity contribution is -0.662. The van der Waals surface area contributed by atoms with E-state index in [0.29, 0.717) is 0 Å². The summed E-state index contributed by atoms with van der Waals surface area (Å²) in [7, 11) is 0. The number of nitrogen functional groups attached to an aromatic ring is 1. The molecule has 3 aromatic heterocycles. The summed E-state index contributed by atoms with van der Waals surface area (Å²) in [5.74, 6) is 0.835. The third kappa shape index (κ3) is 3.01. The van der Waals surface area contributed by atoms with Crippen molar-refractivity contribution < 1.29 is 8.98 Å². The van der Waals surface area contributed by atoms with Gasteiger partial charge in [-0.2, -0.15) is 4.57 Å². The fourth-order valence-corrected chi connectivity index (χ4v) is 4.26. The highest BCUT2D eigenvalue weighted by Gasteiger charge is 2.14. The zero-order valence-electron chi connectivity index (χ0n) is 16.8. The van der Waals surface area contributed by atoms with Crippen molar-refractivity contribution in [2.45, 2.75) is 6.54 Å². The minimum atomic E-state index is 0.749. The van der Waals surface area contributed by atoms with Crippen molar-refractivity contribution in [1.82, 2.24) is 4.98 Å². The van der Waals surface area contributed by atoms with Gasteiger partial charge in [0.1, 0.15) is 11.3 Å². The molecule has 0 unspecified atom stereocenters. The fourth-order valence-electron chi connectivity index (χ4n) is 4.26. The van der Waals surface area contributed by atoms with Crippen LogP contribution in [0.15, 0.2) is 102 Å². The molecular weight excluding hydrogens is 382 g/mol. The van der Waals surface area contributed by atoms with Crippen LogP contribution in [-0.2, 0) is 6.54 Å². The fraction of sp³-hybridized carbons (Fsp3) is 0.0370. The zero-order valence-corrected chi connectivity index (χ0v) is 16.8. The van der Waals surface area contributed by atoms with Gasteiger partial charge in [0.2, 0.25) is 5.52 Å². The Labute approximate surface area is 179 Å². The summed E-state index contributed by atoms with van der Waals surface area (Å²) in [6.07, 6.45) is 5.83. The summed E-state index contributed by atoms with van der Waals surface area (Å²) in [6, 6.07) is 26.9. The van der Waals surface area contributed by atoms with E-state index in [-0.39, 0.29) is 0 Å². The van der Waals surface area contributed by atoms with E-state index in [2.05, 4.69) is 58.2 Å². The first-order valence-electron chi connectivity index (χ1n) is 10.3.